The number of carbonyl (C=O) groups is 1. The molecular weight excluding hydrogens is 388 g/mol. The van der Waals surface area contributed by atoms with Crippen molar-refractivity contribution in [3.8, 4) is 0 Å². The summed E-state index contributed by atoms with van der Waals surface area (Å²) in [6, 6.07) is 11.8. The van der Waals surface area contributed by atoms with Crippen molar-refractivity contribution < 1.29 is 13.2 Å². The molecule has 0 atom stereocenters. The smallest absolute Gasteiger partial charge is 0.262 e. The van der Waals surface area contributed by atoms with E-state index in [-0.39, 0.29) is 10.8 Å². The van der Waals surface area contributed by atoms with Crippen LogP contribution in [0.5, 0.6) is 0 Å². The minimum atomic E-state index is -3.81. The van der Waals surface area contributed by atoms with Gasteiger partial charge >= 0.3 is 0 Å². The zero-order valence-corrected chi connectivity index (χ0v) is 17.2. The lowest BCUT2D eigenvalue weighted by Crippen LogP contribution is -2.25. The number of anilines is 1. The van der Waals surface area contributed by atoms with E-state index < -0.39 is 10.0 Å². The third-order valence-electron chi connectivity index (χ3n) is 4.48. The Morgan fingerprint density at radius 3 is 2.55 bits per heavy atom. The molecule has 0 unspecified atom stereocenters. The molecule has 8 heteroatoms. The van der Waals surface area contributed by atoms with Gasteiger partial charge in [-0.15, -0.1) is 0 Å². The Bertz CT molecular complexity index is 1080. The Hall–Kier alpha value is -3.13. The number of hydrogen-bond donors (Lipinski definition) is 2. The Labute approximate surface area is 170 Å². The summed E-state index contributed by atoms with van der Waals surface area (Å²) >= 11 is 0. The molecule has 0 saturated carbocycles. The summed E-state index contributed by atoms with van der Waals surface area (Å²) in [5.41, 5.74) is 2.39. The molecule has 0 aliphatic heterocycles. The number of aryl methyl sites for hydroxylation is 3. The van der Waals surface area contributed by atoms with Crippen molar-refractivity contribution in [2.24, 2.45) is 0 Å². The van der Waals surface area contributed by atoms with Crippen molar-refractivity contribution in [1.29, 1.82) is 0 Å². The predicted octanol–water partition coefficient (Wildman–Crippen LogP) is 3.12. The molecule has 3 rings (SSSR count). The van der Waals surface area contributed by atoms with Gasteiger partial charge < -0.3 is 9.88 Å². The summed E-state index contributed by atoms with van der Waals surface area (Å²) in [7, 11) is -3.81. The molecule has 0 bridgehead atoms. The summed E-state index contributed by atoms with van der Waals surface area (Å²) in [5.74, 6) is -0.303. The number of hydrogen-bond acceptors (Lipinski definition) is 4. The number of carbonyl (C=O) groups excluding carboxylic acids is 1. The van der Waals surface area contributed by atoms with E-state index in [2.05, 4.69) is 15.0 Å². The van der Waals surface area contributed by atoms with Gasteiger partial charge in [0.15, 0.2) is 0 Å². The van der Waals surface area contributed by atoms with Gasteiger partial charge in [0.05, 0.1) is 11.2 Å². The molecular formula is C21H24N4O3S. The molecule has 0 fully saturated rings. The van der Waals surface area contributed by atoms with Gasteiger partial charge in [-0.1, -0.05) is 23.8 Å². The quantitative estimate of drug-likeness (QED) is 0.556. The number of imidazole rings is 1. The molecule has 0 spiro atoms. The van der Waals surface area contributed by atoms with Gasteiger partial charge in [-0.05, 0) is 50.1 Å². The molecule has 152 valence electrons. The zero-order valence-electron chi connectivity index (χ0n) is 16.4. The van der Waals surface area contributed by atoms with Crippen LogP contribution < -0.4 is 10.0 Å². The van der Waals surface area contributed by atoms with Gasteiger partial charge in [0.2, 0.25) is 0 Å². The highest BCUT2D eigenvalue weighted by Gasteiger charge is 2.19. The Balaban J connectivity index is 1.67. The highest BCUT2D eigenvalue weighted by atomic mass is 32.2. The van der Waals surface area contributed by atoms with Gasteiger partial charge in [0.25, 0.3) is 15.9 Å². The van der Waals surface area contributed by atoms with E-state index in [1.54, 1.807) is 43.7 Å². The lowest BCUT2D eigenvalue weighted by Gasteiger charge is -2.12. The fourth-order valence-corrected chi connectivity index (χ4v) is 4.18. The molecule has 7 nitrogen and oxygen atoms in total. The first-order chi connectivity index (χ1) is 13.8. The number of amides is 1. The van der Waals surface area contributed by atoms with Crippen LogP contribution in [0.4, 0.5) is 5.69 Å². The van der Waals surface area contributed by atoms with E-state index in [1.807, 2.05) is 29.8 Å². The second-order valence-corrected chi connectivity index (χ2v) is 8.51. The molecule has 29 heavy (non-hydrogen) atoms. The van der Waals surface area contributed by atoms with Crippen molar-refractivity contribution >= 4 is 21.6 Å². The molecule has 1 amide bonds. The van der Waals surface area contributed by atoms with Crippen molar-refractivity contribution in [2.75, 3.05) is 11.3 Å². The molecule has 2 N–H and O–H groups in total. The number of nitrogens with zero attached hydrogens (tertiary/aromatic N) is 2. The normalized spacial score (nSPS) is 11.2. The van der Waals surface area contributed by atoms with Crippen LogP contribution in [-0.2, 0) is 16.6 Å². The van der Waals surface area contributed by atoms with Crippen LogP contribution in [0.2, 0.25) is 0 Å². The van der Waals surface area contributed by atoms with Crippen LogP contribution in [0.25, 0.3) is 0 Å². The maximum Gasteiger partial charge on any atom is 0.262 e. The van der Waals surface area contributed by atoms with Gasteiger partial charge in [0.1, 0.15) is 0 Å². The van der Waals surface area contributed by atoms with Crippen LogP contribution in [0.1, 0.15) is 27.9 Å². The lowest BCUT2D eigenvalue weighted by molar-refractivity contribution is 0.0952. The molecule has 0 aliphatic carbocycles. The molecule has 0 saturated heterocycles. The van der Waals surface area contributed by atoms with E-state index in [4.69, 9.17) is 0 Å². The minimum Gasteiger partial charge on any atom is -0.352 e. The van der Waals surface area contributed by atoms with E-state index in [1.165, 1.54) is 6.07 Å². The third kappa shape index (κ3) is 5.45. The first-order valence-electron chi connectivity index (χ1n) is 9.29. The fraction of sp³-hybridized carbons (Fsp3) is 0.238. The SMILES string of the molecule is Cc1ccc(NS(=O)(=O)c2cc(C(=O)NCCCn3ccnc3)ccc2C)cc1. The lowest BCUT2D eigenvalue weighted by atomic mass is 10.1. The standard InChI is InChI=1S/C21H24N4O3S/c1-16-4-8-19(9-5-16)24-29(27,28)20-14-18(7-6-17(20)2)21(26)23-10-3-12-25-13-11-22-15-25/h4-9,11,13-15,24H,3,10,12H2,1-2H3,(H,23,26). The highest BCUT2D eigenvalue weighted by Crippen LogP contribution is 2.21. The van der Waals surface area contributed by atoms with Crippen molar-refractivity contribution in [3.05, 3.63) is 77.9 Å². The molecule has 2 aromatic carbocycles. The number of sulfonamides is 1. The molecule has 0 radical (unpaired) electrons. The number of aromatic nitrogens is 2. The molecule has 3 aromatic rings. The van der Waals surface area contributed by atoms with Crippen LogP contribution in [0.15, 0.2) is 66.1 Å². The molecule has 1 aromatic heterocycles. The molecule has 0 aliphatic rings. The maximum atomic E-state index is 12.8. The van der Waals surface area contributed by atoms with Gasteiger partial charge in [-0.25, -0.2) is 13.4 Å². The number of benzene rings is 2. The Morgan fingerprint density at radius 2 is 1.86 bits per heavy atom. The van der Waals surface area contributed by atoms with Gasteiger partial charge in [-0.2, -0.15) is 0 Å². The van der Waals surface area contributed by atoms with E-state index in [0.29, 0.717) is 23.4 Å². The molecule has 1 heterocycles. The summed E-state index contributed by atoms with van der Waals surface area (Å²) in [5, 5.41) is 2.83. The average molecular weight is 413 g/mol. The van der Waals surface area contributed by atoms with E-state index in [0.717, 1.165) is 18.5 Å². The van der Waals surface area contributed by atoms with Crippen LogP contribution in [0.3, 0.4) is 0 Å². The van der Waals surface area contributed by atoms with Crippen molar-refractivity contribution in [3.63, 3.8) is 0 Å². The topological polar surface area (TPSA) is 93.1 Å². The van der Waals surface area contributed by atoms with Crippen molar-refractivity contribution in [1.82, 2.24) is 14.9 Å². The van der Waals surface area contributed by atoms with Gasteiger partial charge in [-0.3, -0.25) is 9.52 Å². The predicted molar refractivity (Wildman–Crippen MR) is 112 cm³/mol. The second-order valence-electron chi connectivity index (χ2n) is 6.86. The van der Waals surface area contributed by atoms with E-state index >= 15 is 0 Å². The number of nitrogens with one attached hydrogen (secondary N) is 2. The maximum absolute atomic E-state index is 12.8. The van der Waals surface area contributed by atoms with Crippen LogP contribution in [0, 0.1) is 13.8 Å². The first-order valence-corrected chi connectivity index (χ1v) is 10.8. The van der Waals surface area contributed by atoms with Crippen LogP contribution in [-0.4, -0.2) is 30.4 Å². The minimum absolute atomic E-state index is 0.0872. The number of rotatable bonds is 8. The second kappa shape index (κ2) is 8.91. The van der Waals surface area contributed by atoms with E-state index in [9.17, 15) is 13.2 Å². The summed E-state index contributed by atoms with van der Waals surface area (Å²) in [6.45, 7) is 4.86. The highest BCUT2D eigenvalue weighted by molar-refractivity contribution is 7.92. The third-order valence-corrected chi connectivity index (χ3v) is 6.00. The van der Waals surface area contributed by atoms with Crippen LogP contribution >= 0.6 is 0 Å². The van der Waals surface area contributed by atoms with Gasteiger partial charge in [0, 0.05) is 36.7 Å². The Morgan fingerprint density at radius 1 is 1.10 bits per heavy atom. The zero-order chi connectivity index (χ0) is 20.9. The first kappa shape index (κ1) is 20.6. The Kier molecular flexibility index (Phi) is 6.33. The average Bonchev–Trinajstić information content (AvgIpc) is 3.20. The monoisotopic (exact) mass is 412 g/mol. The largest absolute Gasteiger partial charge is 0.352 e. The van der Waals surface area contributed by atoms with Crippen molar-refractivity contribution in [2.45, 2.75) is 31.7 Å². The summed E-state index contributed by atoms with van der Waals surface area (Å²) in [4.78, 5) is 16.5. The fourth-order valence-electron chi connectivity index (χ4n) is 2.85. The summed E-state index contributed by atoms with van der Waals surface area (Å²) < 4.78 is 30.1. The summed E-state index contributed by atoms with van der Waals surface area (Å²) in [6.07, 6.45) is 6.03.